The molecule has 0 spiro atoms. The Morgan fingerprint density at radius 1 is 1.29 bits per heavy atom. The topological polar surface area (TPSA) is 63.8 Å². The summed E-state index contributed by atoms with van der Waals surface area (Å²) in [6.45, 7) is 5.95. The van der Waals surface area contributed by atoms with Gasteiger partial charge in [0.1, 0.15) is 11.3 Å². The molecule has 0 aromatic carbocycles. The predicted octanol–water partition coefficient (Wildman–Crippen LogP) is 4.17. The van der Waals surface area contributed by atoms with Gasteiger partial charge in [-0.3, -0.25) is 9.97 Å². The molecule has 0 bridgehead atoms. The van der Waals surface area contributed by atoms with E-state index in [1.165, 1.54) is 0 Å². The van der Waals surface area contributed by atoms with Crippen molar-refractivity contribution in [2.24, 2.45) is 0 Å². The van der Waals surface area contributed by atoms with Gasteiger partial charge in [-0.05, 0) is 48.8 Å². The minimum absolute atomic E-state index is 0.0762. The van der Waals surface area contributed by atoms with E-state index in [-0.39, 0.29) is 6.04 Å². The van der Waals surface area contributed by atoms with Gasteiger partial charge in [0.15, 0.2) is 0 Å². The van der Waals surface area contributed by atoms with E-state index < -0.39 is 0 Å². The molecule has 0 saturated heterocycles. The van der Waals surface area contributed by atoms with Crippen LogP contribution < -0.4 is 5.32 Å². The molecule has 3 heterocycles. The highest BCUT2D eigenvalue weighted by atomic mass is 79.9. The molecule has 21 heavy (non-hydrogen) atoms. The molecule has 3 rings (SSSR count). The molecule has 108 valence electrons. The van der Waals surface area contributed by atoms with Crippen molar-refractivity contribution in [3.8, 4) is 0 Å². The van der Waals surface area contributed by atoms with Gasteiger partial charge >= 0.3 is 0 Å². The number of halogens is 1. The fourth-order valence-corrected chi connectivity index (χ4v) is 2.85. The maximum atomic E-state index is 5.23. The smallest absolute Gasteiger partial charge is 0.139 e. The Balaban J connectivity index is 1.98. The van der Waals surface area contributed by atoms with Crippen LogP contribution in [0.3, 0.4) is 0 Å². The molecule has 0 amide bonds. The summed E-state index contributed by atoms with van der Waals surface area (Å²) in [5.41, 5.74) is 4.62. The van der Waals surface area contributed by atoms with Crippen molar-refractivity contribution in [1.82, 2.24) is 15.1 Å². The molecule has 1 N–H and O–H groups in total. The Labute approximate surface area is 130 Å². The van der Waals surface area contributed by atoms with E-state index in [1.807, 2.05) is 26.0 Å². The summed E-state index contributed by atoms with van der Waals surface area (Å²) in [5.74, 6) is 0.835. The fraction of sp³-hybridized carbons (Fsp3) is 0.267. The number of nitrogens with zero attached hydrogens (tertiary/aromatic N) is 3. The average molecular weight is 347 g/mol. The van der Waals surface area contributed by atoms with Crippen LogP contribution >= 0.6 is 15.9 Å². The van der Waals surface area contributed by atoms with E-state index in [1.54, 1.807) is 12.4 Å². The van der Waals surface area contributed by atoms with Gasteiger partial charge in [-0.2, -0.15) is 0 Å². The van der Waals surface area contributed by atoms with Gasteiger partial charge in [-0.15, -0.1) is 0 Å². The van der Waals surface area contributed by atoms with E-state index in [0.29, 0.717) is 0 Å². The number of fused-ring (bicyclic) bond motifs is 1. The predicted molar refractivity (Wildman–Crippen MR) is 85.3 cm³/mol. The highest BCUT2D eigenvalue weighted by molar-refractivity contribution is 9.10. The molecule has 6 heteroatoms. The van der Waals surface area contributed by atoms with Gasteiger partial charge in [-0.1, -0.05) is 5.16 Å². The first-order chi connectivity index (χ1) is 10.1. The van der Waals surface area contributed by atoms with Crippen LogP contribution in [0.15, 0.2) is 33.5 Å². The van der Waals surface area contributed by atoms with E-state index in [2.05, 4.69) is 43.3 Å². The number of aromatic nitrogens is 3. The molecule has 0 radical (unpaired) electrons. The number of rotatable bonds is 3. The summed E-state index contributed by atoms with van der Waals surface area (Å²) < 4.78 is 6.15. The minimum Gasteiger partial charge on any atom is -0.376 e. The van der Waals surface area contributed by atoms with Crippen molar-refractivity contribution in [3.05, 3.63) is 46.0 Å². The molecule has 0 fully saturated rings. The quantitative estimate of drug-likeness (QED) is 0.770. The van der Waals surface area contributed by atoms with Crippen LogP contribution in [-0.2, 0) is 0 Å². The monoisotopic (exact) mass is 346 g/mol. The minimum atomic E-state index is 0.0762. The first-order valence-electron chi connectivity index (χ1n) is 6.66. The van der Waals surface area contributed by atoms with Crippen LogP contribution in [0, 0.1) is 13.8 Å². The maximum Gasteiger partial charge on any atom is 0.139 e. The third-order valence-electron chi connectivity index (χ3n) is 3.44. The van der Waals surface area contributed by atoms with Crippen molar-refractivity contribution in [3.63, 3.8) is 0 Å². The lowest BCUT2D eigenvalue weighted by atomic mass is 10.1. The van der Waals surface area contributed by atoms with Crippen molar-refractivity contribution in [2.45, 2.75) is 26.8 Å². The zero-order valence-electron chi connectivity index (χ0n) is 12.0. The van der Waals surface area contributed by atoms with Gasteiger partial charge < -0.3 is 9.84 Å². The highest BCUT2D eigenvalue weighted by Gasteiger charge is 2.17. The highest BCUT2D eigenvalue weighted by Crippen LogP contribution is 2.28. The summed E-state index contributed by atoms with van der Waals surface area (Å²) in [4.78, 5) is 8.79. The summed E-state index contributed by atoms with van der Waals surface area (Å²) in [6, 6.07) is 3.96. The molecule has 1 atom stereocenters. The Hall–Kier alpha value is -1.95. The van der Waals surface area contributed by atoms with Crippen LogP contribution in [0.1, 0.15) is 30.0 Å². The van der Waals surface area contributed by atoms with Crippen LogP contribution in [0.25, 0.3) is 11.0 Å². The zero-order valence-corrected chi connectivity index (χ0v) is 13.6. The molecule has 3 aromatic rings. The molecule has 0 aliphatic heterocycles. The molecule has 0 aliphatic carbocycles. The molecule has 3 aromatic heterocycles. The Kier molecular flexibility index (Phi) is 3.63. The van der Waals surface area contributed by atoms with Gasteiger partial charge in [0.2, 0.25) is 0 Å². The largest absolute Gasteiger partial charge is 0.376 e. The molecule has 0 aliphatic rings. The number of anilines is 1. The van der Waals surface area contributed by atoms with Gasteiger partial charge in [0.25, 0.3) is 0 Å². The van der Waals surface area contributed by atoms with Gasteiger partial charge in [0.05, 0.1) is 22.9 Å². The van der Waals surface area contributed by atoms with Crippen molar-refractivity contribution >= 4 is 32.7 Å². The van der Waals surface area contributed by atoms with E-state index in [0.717, 1.165) is 38.2 Å². The van der Waals surface area contributed by atoms with Gasteiger partial charge in [0, 0.05) is 22.4 Å². The molecule has 0 saturated carbocycles. The van der Waals surface area contributed by atoms with E-state index in [9.17, 15) is 0 Å². The lowest BCUT2D eigenvalue weighted by Gasteiger charge is -2.16. The first kappa shape index (κ1) is 14.0. The lowest BCUT2D eigenvalue weighted by molar-refractivity contribution is 0.392. The Bertz CT molecular complexity index is 780. The summed E-state index contributed by atoms with van der Waals surface area (Å²) in [5, 5.41) is 7.47. The Morgan fingerprint density at radius 3 is 2.81 bits per heavy atom. The number of aryl methyl sites for hydroxylation is 2. The summed E-state index contributed by atoms with van der Waals surface area (Å²) in [7, 11) is 0. The standard InChI is InChI=1S/C15H15BrN4O/c1-8(14-9(2)20-21-10(14)3)19-12-4-5-17-13-6-11(16)7-18-15(12)13/h4-8H,1-3H3,(H,17,19). The van der Waals surface area contributed by atoms with Crippen LogP contribution in [-0.4, -0.2) is 15.1 Å². The molecular formula is C15H15BrN4O. The second-order valence-electron chi connectivity index (χ2n) is 4.98. The number of hydrogen-bond acceptors (Lipinski definition) is 5. The fourth-order valence-electron chi connectivity index (χ4n) is 2.54. The maximum absolute atomic E-state index is 5.23. The van der Waals surface area contributed by atoms with Crippen LogP contribution in [0.4, 0.5) is 5.69 Å². The second kappa shape index (κ2) is 5.44. The molecule has 5 nitrogen and oxygen atoms in total. The van der Waals surface area contributed by atoms with E-state index in [4.69, 9.17) is 4.52 Å². The summed E-state index contributed by atoms with van der Waals surface area (Å²) in [6.07, 6.45) is 3.55. The zero-order chi connectivity index (χ0) is 15.0. The lowest BCUT2D eigenvalue weighted by Crippen LogP contribution is -2.09. The first-order valence-corrected chi connectivity index (χ1v) is 7.45. The SMILES string of the molecule is Cc1noc(C)c1C(C)Nc1ccnc2cc(Br)cnc12. The van der Waals surface area contributed by atoms with E-state index >= 15 is 0 Å². The molecule has 1 unspecified atom stereocenters. The number of nitrogens with one attached hydrogen (secondary N) is 1. The Morgan fingerprint density at radius 2 is 2.10 bits per heavy atom. The number of pyridine rings is 2. The normalized spacial score (nSPS) is 12.6. The second-order valence-corrected chi connectivity index (χ2v) is 5.90. The molecular weight excluding hydrogens is 332 g/mol. The number of hydrogen-bond donors (Lipinski definition) is 1. The van der Waals surface area contributed by atoms with Crippen molar-refractivity contribution in [2.75, 3.05) is 5.32 Å². The van der Waals surface area contributed by atoms with Gasteiger partial charge in [-0.25, -0.2) is 0 Å². The third kappa shape index (κ3) is 2.63. The van der Waals surface area contributed by atoms with Crippen LogP contribution in [0.2, 0.25) is 0 Å². The van der Waals surface area contributed by atoms with Crippen molar-refractivity contribution in [1.29, 1.82) is 0 Å². The van der Waals surface area contributed by atoms with Crippen LogP contribution in [0.5, 0.6) is 0 Å². The van der Waals surface area contributed by atoms with Crippen molar-refractivity contribution < 1.29 is 4.52 Å². The third-order valence-corrected chi connectivity index (χ3v) is 3.87. The average Bonchev–Trinajstić information content (AvgIpc) is 2.78. The summed E-state index contributed by atoms with van der Waals surface area (Å²) >= 11 is 3.41.